The van der Waals surface area contributed by atoms with Crippen molar-refractivity contribution in [2.75, 3.05) is 26.2 Å². The molecule has 25 heteroatoms. The summed E-state index contributed by atoms with van der Waals surface area (Å²) < 4.78 is 14.7. The molecule has 0 saturated carbocycles. The van der Waals surface area contributed by atoms with Crippen LogP contribution in [0.3, 0.4) is 0 Å². The summed E-state index contributed by atoms with van der Waals surface area (Å²) in [6.45, 7) is 0.683. The molecule has 0 aliphatic carbocycles. The zero-order chi connectivity index (χ0) is 59.6. The number of urea groups is 1. The quantitative estimate of drug-likeness (QED) is 0.0480. The Morgan fingerprint density at radius 3 is 2.13 bits per heavy atom. The van der Waals surface area contributed by atoms with Gasteiger partial charge in [-0.1, -0.05) is 66.7 Å². The molecule has 2 aromatic heterocycles. The lowest BCUT2D eigenvalue weighted by Crippen LogP contribution is -2.63. The second-order valence-corrected chi connectivity index (χ2v) is 23.7. The normalized spacial score (nSPS) is 20.0. The largest absolute Gasteiger partial charge is 0.396 e. The molecule has 0 radical (unpaired) electrons. The number of imidazole rings is 1. The van der Waals surface area contributed by atoms with Gasteiger partial charge in [0.1, 0.15) is 29.9 Å². The van der Waals surface area contributed by atoms with Crippen LogP contribution in [-0.4, -0.2) is 142 Å². The van der Waals surface area contributed by atoms with Crippen molar-refractivity contribution >= 4 is 82.4 Å². The van der Waals surface area contributed by atoms with Crippen LogP contribution in [0, 0.1) is 5.92 Å². The summed E-state index contributed by atoms with van der Waals surface area (Å²) in [5, 5.41) is 11.3. The minimum Gasteiger partial charge on any atom is -0.370 e. The standard InChI is InChI=1S/C59H66N11O13P/c1-66-48-30-35(14-19-45(48)70(58(66)79)47-21-23-50(72)64-55(47)76)13-12-34-24-27-67(28-25-34)59(80)68-29-26-40-16-20-46(54(75)62-42(18-22-49(60)71)52(73)65-51(36-8-4-2-5-9-36)37-10-6-3-7-11-37)69(40)56(77)44(33-68)63-53(74)43-32-39-31-38(15-17-41(39)61-43)57(78)84(81,82)83/h2-11,14-15,17,19,30-32,34,40,42,44,46-47,51,61H,12-13,16,18,20-29,33H2,1H3,(H2,60,71)(H,62,75)(H,63,74)(H,65,73)(H,64,72,76)(H2,81,82,83)/t40-,42+,44+,46+,47?/m1/s1. The highest BCUT2D eigenvalue weighted by atomic mass is 31.2. The Morgan fingerprint density at radius 2 is 1.46 bits per heavy atom. The van der Waals surface area contributed by atoms with Crippen LogP contribution in [0.5, 0.6) is 0 Å². The van der Waals surface area contributed by atoms with Crippen molar-refractivity contribution in [2.45, 2.75) is 107 Å². The number of nitrogens with zero attached hydrogens (tertiary/aromatic N) is 5. The Kier molecular flexibility index (Phi) is 17.1. The van der Waals surface area contributed by atoms with Crippen molar-refractivity contribution in [1.29, 1.82) is 0 Å². The minimum atomic E-state index is -5.14. The number of primary amides is 1. The number of H-pyrrole nitrogens is 1. The Morgan fingerprint density at radius 1 is 0.774 bits per heavy atom. The highest BCUT2D eigenvalue weighted by Gasteiger charge is 2.47. The predicted octanol–water partition coefficient (Wildman–Crippen LogP) is 3.40. The van der Waals surface area contributed by atoms with Gasteiger partial charge in [0.25, 0.3) is 11.4 Å². The summed E-state index contributed by atoms with van der Waals surface area (Å²) in [6, 6.07) is 23.2. The van der Waals surface area contributed by atoms with Gasteiger partial charge in [0, 0.05) is 62.0 Å². The van der Waals surface area contributed by atoms with Crippen LogP contribution in [0.4, 0.5) is 4.79 Å². The lowest BCUT2D eigenvalue weighted by Gasteiger charge is -2.41. The Bertz CT molecular complexity index is 3640. The van der Waals surface area contributed by atoms with E-state index in [1.54, 1.807) is 16.8 Å². The van der Waals surface area contributed by atoms with Gasteiger partial charge in [-0.3, -0.25) is 57.4 Å². The number of amides is 9. The number of aromatic nitrogens is 3. The molecule has 6 heterocycles. The number of imide groups is 1. The van der Waals surface area contributed by atoms with Crippen molar-refractivity contribution in [2.24, 2.45) is 18.7 Å². The Labute approximate surface area is 481 Å². The summed E-state index contributed by atoms with van der Waals surface area (Å²) in [4.78, 5) is 162. The minimum absolute atomic E-state index is 0.0740. The first kappa shape index (κ1) is 58.5. The maximum absolute atomic E-state index is 15.2. The van der Waals surface area contributed by atoms with Gasteiger partial charge < -0.3 is 51.2 Å². The van der Waals surface area contributed by atoms with Crippen LogP contribution in [0.2, 0.25) is 0 Å². The molecule has 6 aromatic rings. The Hall–Kier alpha value is -8.73. The number of aryl methyl sites for hydroxylation is 2. The molecular weight excluding hydrogens is 1100 g/mol. The van der Waals surface area contributed by atoms with Gasteiger partial charge in [0.2, 0.25) is 35.4 Å². The van der Waals surface area contributed by atoms with Crippen molar-refractivity contribution in [3.63, 3.8) is 0 Å². The molecule has 4 aromatic carbocycles. The van der Waals surface area contributed by atoms with Gasteiger partial charge in [-0.25, -0.2) is 9.59 Å². The SMILES string of the molecule is Cn1c(=O)n(C2CCC(=O)NC2=O)c2ccc(CCC3CCN(C(=O)N4CC[C@H]5CC[C@@H](C(=O)N[C@@H](CCC(N)=O)C(=O)NC(c6ccccc6)c6ccccc6)N5C(=O)[C@@H](NC(=O)c5cc6cc(C(=O)P(=O)(O)O)ccc6[nH]5)C4)CC3)cc21. The molecule has 4 fully saturated rings. The van der Waals surface area contributed by atoms with Gasteiger partial charge in [-0.15, -0.1) is 0 Å². The summed E-state index contributed by atoms with van der Waals surface area (Å²) >= 11 is 0. The maximum atomic E-state index is 15.2. The van der Waals surface area contributed by atoms with Crippen LogP contribution in [0.15, 0.2) is 108 Å². The summed E-state index contributed by atoms with van der Waals surface area (Å²) in [7, 11) is -3.48. The van der Waals surface area contributed by atoms with E-state index in [1.165, 1.54) is 38.3 Å². The molecule has 4 aliphatic rings. The van der Waals surface area contributed by atoms with Gasteiger partial charge in [0.15, 0.2) is 0 Å². The maximum Gasteiger partial charge on any atom is 0.396 e. The third-order valence-electron chi connectivity index (χ3n) is 16.7. The van der Waals surface area contributed by atoms with Crippen molar-refractivity contribution < 1.29 is 57.5 Å². The third kappa shape index (κ3) is 12.6. The highest BCUT2D eigenvalue weighted by molar-refractivity contribution is 7.70. The lowest BCUT2D eigenvalue weighted by atomic mass is 9.90. The number of aromatic amines is 1. The number of piperidine rings is 2. The molecule has 4 saturated heterocycles. The fourth-order valence-electron chi connectivity index (χ4n) is 12.2. The number of nitrogens with one attached hydrogen (secondary N) is 5. The average molecular weight is 1170 g/mol. The Balaban J connectivity index is 0.847. The zero-order valence-corrected chi connectivity index (χ0v) is 47.0. The van der Waals surface area contributed by atoms with Crippen LogP contribution >= 0.6 is 7.60 Å². The van der Waals surface area contributed by atoms with E-state index in [9.17, 15) is 57.5 Å². The second-order valence-electron chi connectivity index (χ2n) is 22.2. The van der Waals surface area contributed by atoms with Gasteiger partial charge in [-0.2, -0.15) is 0 Å². The molecule has 0 bridgehead atoms. The number of hydrogen-bond acceptors (Lipinski definition) is 11. The zero-order valence-electron chi connectivity index (χ0n) is 46.1. The van der Waals surface area contributed by atoms with E-state index in [4.69, 9.17) is 5.73 Å². The molecule has 24 nitrogen and oxygen atoms in total. The van der Waals surface area contributed by atoms with E-state index in [0.29, 0.717) is 55.3 Å². The van der Waals surface area contributed by atoms with Crippen LogP contribution < -0.4 is 32.7 Å². The fourth-order valence-corrected chi connectivity index (χ4v) is 12.7. The summed E-state index contributed by atoms with van der Waals surface area (Å²) in [6.07, 6.45) is 3.60. The number of benzene rings is 4. The number of rotatable bonds is 17. The molecule has 440 valence electrons. The predicted molar refractivity (Wildman–Crippen MR) is 306 cm³/mol. The smallest absolute Gasteiger partial charge is 0.370 e. The van der Waals surface area contributed by atoms with E-state index in [1.807, 2.05) is 78.9 Å². The number of nitrogens with two attached hydrogens (primary N) is 1. The third-order valence-corrected chi connectivity index (χ3v) is 17.5. The molecular formula is C59H66N11O13P. The summed E-state index contributed by atoms with van der Waals surface area (Å²) in [5.74, 6) is -4.04. The fraction of sp³-hybridized carbons (Fsp3) is 0.390. The molecule has 10 rings (SSSR count). The van der Waals surface area contributed by atoms with E-state index in [-0.39, 0.29) is 91.8 Å². The van der Waals surface area contributed by atoms with Crippen LogP contribution in [0.1, 0.15) is 114 Å². The molecule has 84 heavy (non-hydrogen) atoms. The molecule has 9 amide bonds. The average Bonchev–Trinajstić information content (AvgIpc) is 4.38. The first-order valence-electron chi connectivity index (χ1n) is 28.1. The van der Waals surface area contributed by atoms with Crippen molar-refractivity contribution in [3.05, 3.63) is 142 Å². The highest BCUT2D eigenvalue weighted by Crippen LogP contribution is 2.40. The first-order valence-corrected chi connectivity index (χ1v) is 29.8. The van der Waals surface area contributed by atoms with Gasteiger partial charge in [0.05, 0.1) is 23.6 Å². The van der Waals surface area contributed by atoms with E-state index in [2.05, 4.69) is 26.3 Å². The topological polar surface area (TPSA) is 338 Å². The van der Waals surface area contributed by atoms with Crippen molar-refractivity contribution in [1.82, 2.24) is 50.1 Å². The first-order chi connectivity index (χ1) is 40.2. The van der Waals surface area contributed by atoms with Gasteiger partial charge in [-0.05, 0) is 117 Å². The number of carbonyl (C=O) groups is 9. The van der Waals surface area contributed by atoms with Gasteiger partial charge >= 0.3 is 19.3 Å². The second kappa shape index (κ2) is 24.6. The van der Waals surface area contributed by atoms with Crippen LogP contribution in [0.25, 0.3) is 21.9 Å². The summed E-state index contributed by atoms with van der Waals surface area (Å²) in [5.41, 5.74) is 7.57. The van der Waals surface area contributed by atoms with Crippen molar-refractivity contribution in [3.8, 4) is 0 Å². The number of carbonyl (C=O) groups excluding carboxylic acids is 9. The van der Waals surface area contributed by atoms with E-state index >= 15 is 4.79 Å². The molecule has 4 aliphatic heterocycles. The van der Waals surface area contributed by atoms with E-state index in [0.717, 1.165) is 23.1 Å². The number of fused-ring (bicyclic) bond motifs is 3. The lowest BCUT2D eigenvalue weighted by molar-refractivity contribution is -0.143. The van der Waals surface area contributed by atoms with Crippen LogP contribution in [-0.2, 0) is 46.8 Å². The van der Waals surface area contributed by atoms with E-state index < -0.39 is 84.8 Å². The molecule has 5 atom stereocenters. The molecule has 0 spiro atoms. The number of likely N-dealkylation sites (tertiary alicyclic amines) is 1. The number of hydrogen-bond donors (Lipinski definition) is 8. The monoisotopic (exact) mass is 1170 g/mol. The molecule has 1 unspecified atom stereocenters. The molecule has 9 N–H and O–H groups in total.